The van der Waals surface area contributed by atoms with Crippen LogP contribution in [-0.2, 0) is 27.8 Å². The van der Waals surface area contributed by atoms with E-state index in [-0.39, 0.29) is 41.6 Å². The minimum absolute atomic E-state index is 0.0199. The third kappa shape index (κ3) is 7.24. The molecule has 1 aliphatic rings. The highest BCUT2D eigenvalue weighted by Crippen LogP contribution is 2.41. The van der Waals surface area contributed by atoms with Crippen LogP contribution in [0.25, 0.3) is 32.1 Å². The molecule has 2 aromatic carbocycles. The van der Waals surface area contributed by atoms with Crippen molar-refractivity contribution >= 4 is 38.1 Å². The topological polar surface area (TPSA) is 139 Å². The molecule has 46 heavy (non-hydrogen) atoms. The van der Waals surface area contributed by atoms with E-state index in [2.05, 4.69) is 10.2 Å². The summed E-state index contributed by atoms with van der Waals surface area (Å²) in [4.78, 5) is 18.6. The van der Waals surface area contributed by atoms with Gasteiger partial charge in [0.2, 0.25) is 15.9 Å². The number of aliphatic carboxylic acids is 1. The fraction of sp³-hybridized carbons (Fsp3) is 0.467. The highest BCUT2D eigenvalue weighted by Gasteiger charge is 2.41. The summed E-state index contributed by atoms with van der Waals surface area (Å²) in [6.07, 6.45) is -5.13. The Morgan fingerprint density at radius 2 is 1.89 bits per heavy atom. The van der Waals surface area contributed by atoms with Crippen LogP contribution >= 0.6 is 11.3 Å². The Bertz CT molecular complexity index is 1840. The summed E-state index contributed by atoms with van der Waals surface area (Å²) < 4.78 is 88.9. The number of aromatic nitrogens is 3. The number of sulfonamides is 1. The van der Waals surface area contributed by atoms with E-state index in [9.17, 15) is 35.9 Å². The molecular formula is C30H33F4N5O5S2. The molecule has 0 radical (unpaired) electrons. The van der Waals surface area contributed by atoms with Crippen molar-refractivity contribution in [3.05, 3.63) is 48.0 Å². The van der Waals surface area contributed by atoms with Crippen LogP contribution in [0.15, 0.2) is 45.7 Å². The van der Waals surface area contributed by atoms with Crippen LogP contribution in [0.3, 0.4) is 0 Å². The van der Waals surface area contributed by atoms with E-state index in [0.29, 0.717) is 45.9 Å². The predicted molar refractivity (Wildman–Crippen MR) is 163 cm³/mol. The minimum atomic E-state index is -4.77. The van der Waals surface area contributed by atoms with E-state index in [0.717, 1.165) is 0 Å². The van der Waals surface area contributed by atoms with Crippen LogP contribution in [0.4, 0.5) is 17.6 Å². The first kappa shape index (κ1) is 33.9. The van der Waals surface area contributed by atoms with E-state index in [1.54, 1.807) is 22.9 Å². The fourth-order valence-corrected chi connectivity index (χ4v) is 7.87. The second kappa shape index (κ2) is 13.0. The number of benzene rings is 2. The molecule has 5 rings (SSSR count). The Kier molecular flexibility index (Phi) is 9.55. The number of alkyl halides is 4. The monoisotopic (exact) mass is 683 g/mol. The number of carbonyl (C=O) groups is 1. The van der Waals surface area contributed by atoms with Crippen molar-refractivity contribution in [2.75, 3.05) is 13.1 Å². The zero-order valence-electron chi connectivity index (χ0n) is 25.3. The summed E-state index contributed by atoms with van der Waals surface area (Å²) in [5.74, 6) is -0.871. The predicted octanol–water partition coefficient (Wildman–Crippen LogP) is 6.22. The summed E-state index contributed by atoms with van der Waals surface area (Å²) in [6.45, 7) is 5.43. The molecule has 0 aliphatic carbocycles. The molecule has 248 valence electrons. The number of hydrogen-bond acceptors (Lipinski definition) is 9. The number of carboxylic acids is 1. The molecule has 2 atom stereocenters. The highest BCUT2D eigenvalue weighted by molar-refractivity contribution is 7.89. The molecule has 4 aromatic rings. The maximum absolute atomic E-state index is 14.3. The molecule has 1 fully saturated rings. The lowest BCUT2D eigenvalue weighted by Crippen LogP contribution is -2.44. The van der Waals surface area contributed by atoms with Crippen LogP contribution in [0.5, 0.6) is 0 Å². The van der Waals surface area contributed by atoms with E-state index >= 15 is 0 Å². The van der Waals surface area contributed by atoms with Gasteiger partial charge in [-0.05, 0) is 51.1 Å². The molecule has 2 unspecified atom stereocenters. The lowest BCUT2D eigenvalue weighted by molar-refractivity contribution is -0.151. The summed E-state index contributed by atoms with van der Waals surface area (Å²) in [5.41, 5.74) is -0.0498. The normalized spacial score (nSPS) is 17.4. The molecule has 2 aromatic heterocycles. The second-order valence-corrected chi connectivity index (χ2v) is 14.6. The Morgan fingerprint density at radius 1 is 1.17 bits per heavy atom. The molecule has 3 heterocycles. The van der Waals surface area contributed by atoms with Gasteiger partial charge in [-0.25, -0.2) is 17.8 Å². The zero-order chi connectivity index (χ0) is 33.4. The molecule has 0 bridgehead atoms. The lowest BCUT2D eigenvalue weighted by Gasteiger charge is -2.28. The average Bonchev–Trinajstić information content (AvgIpc) is 3.61. The number of thiazole rings is 1. The minimum Gasteiger partial charge on any atom is -0.481 e. The van der Waals surface area contributed by atoms with Crippen LogP contribution in [0.1, 0.15) is 51.6 Å². The summed E-state index contributed by atoms with van der Waals surface area (Å²) >= 11 is 1.18. The zero-order valence-corrected chi connectivity index (χ0v) is 26.9. The number of nitrogens with one attached hydrogen (secondary N) is 1. The molecule has 0 spiro atoms. The number of piperidine rings is 1. The Balaban J connectivity index is 1.59. The van der Waals surface area contributed by atoms with Crippen LogP contribution in [-0.4, -0.2) is 71.1 Å². The molecule has 0 saturated carbocycles. The van der Waals surface area contributed by atoms with Gasteiger partial charge in [-0.2, -0.15) is 17.9 Å². The van der Waals surface area contributed by atoms with Gasteiger partial charge in [0.25, 0.3) is 5.89 Å². The van der Waals surface area contributed by atoms with Gasteiger partial charge in [-0.15, -0.1) is 21.5 Å². The quantitative estimate of drug-likeness (QED) is 0.177. The number of nitrogens with zero attached hydrogens (tertiary/aromatic N) is 4. The van der Waals surface area contributed by atoms with Gasteiger partial charge in [0, 0.05) is 30.5 Å². The third-order valence-electron chi connectivity index (χ3n) is 7.86. The summed E-state index contributed by atoms with van der Waals surface area (Å²) in [5, 5.41) is 18.6. The van der Waals surface area contributed by atoms with Crippen LogP contribution < -0.4 is 4.72 Å². The SMILES string of the molecule is CCC(NS(=O)(=O)c1ccc(-c2sc(-c3nnc(CC(C)(C)C(=O)O)o3)nc2CN2CCCC(F)C2)c2ccccc12)C(F)(F)F. The number of fused-ring (bicyclic) bond motifs is 1. The van der Waals surface area contributed by atoms with Gasteiger partial charge >= 0.3 is 12.1 Å². The number of halogens is 4. The van der Waals surface area contributed by atoms with Crippen molar-refractivity contribution < 1.29 is 40.3 Å². The van der Waals surface area contributed by atoms with Crippen molar-refractivity contribution in [1.82, 2.24) is 24.8 Å². The van der Waals surface area contributed by atoms with E-state index in [1.807, 2.05) is 4.90 Å². The first-order valence-electron chi connectivity index (χ1n) is 14.6. The van der Waals surface area contributed by atoms with Gasteiger partial charge in [0.1, 0.15) is 12.2 Å². The maximum Gasteiger partial charge on any atom is 0.404 e. The number of rotatable bonds is 11. The number of likely N-dealkylation sites (tertiary alicyclic amines) is 1. The second-order valence-electron chi connectivity index (χ2n) is 11.9. The molecule has 10 nitrogen and oxygen atoms in total. The van der Waals surface area contributed by atoms with Gasteiger partial charge in [-0.1, -0.05) is 37.3 Å². The lowest BCUT2D eigenvalue weighted by atomic mass is 9.90. The highest BCUT2D eigenvalue weighted by atomic mass is 32.2. The van der Waals surface area contributed by atoms with Crippen LogP contribution in [0, 0.1) is 5.41 Å². The van der Waals surface area contributed by atoms with Crippen molar-refractivity contribution in [2.45, 2.75) is 76.3 Å². The average molecular weight is 684 g/mol. The first-order chi connectivity index (χ1) is 21.6. The number of carboxylic acid groups (broad SMARTS) is 1. The first-order valence-corrected chi connectivity index (χ1v) is 16.9. The summed E-state index contributed by atoms with van der Waals surface area (Å²) in [7, 11) is -4.58. The molecule has 16 heteroatoms. The smallest absolute Gasteiger partial charge is 0.404 e. The molecule has 1 saturated heterocycles. The van der Waals surface area contributed by atoms with Gasteiger partial charge in [0.15, 0.2) is 5.01 Å². The van der Waals surface area contributed by atoms with Gasteiger partial charge < -0.3 is 9.52 Å². The molecule has 1 aliphatic heterocycles. The van der Waals surface area contributed by atoms with Gasteiger partial charge in [-0.3, -0.25) is 9.69 Å². The van der Waals surface area contributed by atoms with E-state index < -0.39 is 46.2 Å². The molecular weight excluding hydrogens is 650 g/mol. The van der Waals surface area contributed by atoms with E-state index in [1.165, 1.54) is 50.3 Å². The van der Waals surface area contributed by atoms with Crippen molar-refractivity contribution in [2.24, 2.45) is 5.41 Å². The molecule has 0 amide bonds. The van der Waals surface area contributed by atoms with Crippen LogP contribution in [0.2, 0.25) is 0 Å². The summed E-state index contributed by atoms with van der Waals surface area (Å²) in [6, 6.07) is 7.02. The number of hydrogen-bond donors (Lipinski definition) is 2. The largest absolute Gasteiger partial charge is 0.481 e. The van der Waals surface area contributed by atoms with E-state index in [4.69, 9.17) is 9.40 Å². The van der Waals surface area contributed by atoms with Crippen molar-refractivity contribution in [3.8, 4) is 21.3 Å². The maximum atomic E-state index is 14.3. The molecule has 2 N–H and O–H groups in total. The Hall–Kier alpha value is -3.47. The standard InChI is InChI=1S/C30H33F4N5O5S2/c1-4-23(30(32,33)34)38-46(42,43)22-12-11-20(18-9-5-6-10-19(18)22)25-21(16-39-13-7-8-17(31)15-39)35-27(45-25)26-37-36-24(44-26)14-29(2,3)28(40)41/h5-6,9-12,17,23,38H,4,7-8,13-16H2,1-3H3,(H,40,41). The Labute approximate surface area is 266 Å². The van der Waals surface area contributed by atoms with Crippen molar-refractivity contribution in [1.29, 1.82) is 0 Å². The van der Waals surface area contributed by atoms with Crippen molar-refractivity contribution in [3.63, 3.8) is 0 Å². The fourth-order valence-electron chi connectivity index (χ4n) is 5.32. The Morgan fingerprint density at radius 3 is 2.54 bits per heavy atom. The third-order valence-corrected chi connectivity index (χ3v) is 10.5. The van der Waals surface area contributed by atoms with Gasteiger partial charge in [0.05, 0.1) is 20.9 Å².